The standard InChI is InChI=1S/C13H22N2/c1-11(12-8-6-5-7-9-12)15-13(2,3)10-14-4/h5-9,11,14-15H,10H2,1-4H3. The first kappa shape index (κ1) is 12.2. The van der Waals surface area contributed by atoms with E-state index in [0.717, 1.165) is 6.54 Å². The molecule has 1 unspecified atom stereocenters. The lowest BCUT2D eigenvalue weighted by atomic mass is 10.0. The summed E-state index contributed by atoms with van der Waals surface area (Å²) in [5, 5.41) is 6.81. The Morgan fingerprint density at radius 1 is 1.20 bits per heavy atom. The minimum atomic E-state index is 0.115. The van der Waals surface area contributed by atoms with E-state index in [0.29, 0.717) is 6.04 Å². The van der Waals surface area contributed by atoms with Gasteiger partial charge in [0.1, 0.15) is 0 Å². The highest BCUT2D eigenvalue weighted by molar-refractivity contribution is 5.18. The Morgan fingerprint density at radius 3 is 2.33 bits per heavy atom. The molecule has 0 heterocycles. The first-order valence-corrected chi connectivity index (χ1v) is 5.52. The van der Waals surface area contributed by atoms with E-state index in [4.69, 9.17) is 0 Å². The number of nitrogens with one attached hydrogen (secondary N) is 2. The van der Waals surface area contributed by atoms with Crippen molar-refractivity contribution in [2.75, 3.05) is 13.6 Å². The molecular weight excluding hydrogens is 184 g/mol. The molecular formula is C13H22N2. The van der Waals surface area contributed by atoms with Gasteiger partial charge in [0.2, 0.25) is 0 Å². The minimum Gasteiger partial charge on any atom is -0.318 e. The molecule has 0 aliphatic carbocycles. The maximum absolute atomic E-state index is 3.61. The second-order valence-electron chi connectivity index (χ2n) is 4.69. The molecule has 0 amide bonds. The van der Waals surface area contributed by atoms with Gasteiger partial charge in [-0.1, -0.05) is 30.3 Å². The summed E-state index contributed by atoms with van der Waals surface area (Å²) in [6, 6.07) is 10.9. The van der Waals surface area contributed by atoms with Gasteiger partial charge in [0, 0.05) is 18.1 Å². The molecule has 0 fully saturated rings. The van der Waals surface area contributed by atoms with Gasteiger partial charge >= 0.3 is 0 Å². The Hall–Kier alpha value is -0.860. The molecule has 1 aromatic rings. The molecule has 0 saturated heterocycles. The van der Waals surface area contributed by atoms with E-state index in [1.165, 1.54) is 5.56 Å². The highest BCUT2D eigenvalue weighted by Gasteiger charge is 2.19. The van der Waals surface area contributed by atoms with Crippen LogP contribution in [0.5, 0.6) is 0 Å². The van der Waals surface area contributed by atoms with Crippen LogP contribution in [0, 0.1) is 0 Å². The van der Waals surface area contributed by atoms with Crippen molar-refractivity contribution in [1.82, 2.24) is 10.6 Å². The second-order valence-corrected chi connectivity index (χ2v) is 4.69. The number of hydrogen-bond donors (Lipinski definition) is 2. The predicted molar refractivity (Wildman–Crippen MR) is 66.0 cm³/mol. The SMILES string of the molecule is CNCC(C)(C)NC(C)c1ccccc1. The van der Waals surface area contributed by atoms with E-state index in [1.54, 1.807) is 0 Å². The van der Waals surface area contributed by atoms with Crippen LogP contribution in [-0.4, -0.2) is 19.1 Å². The third kappa shape index (κ3) is 4.02. The van der Waals surface area contributed by atoms with E-state index >= 15 is 0 Å². The van der Waals surface area contributed by atoms with Crippen molar-refractivity contribution in [3.63, 3.8) is 0 Å². The lowest BCUT2D eigenvalue weighted by molar-refractivity contribution is 0.338. The summed E-state index contributed by atoms with van der Waals surface area (Å²) in [7, 11) is 1.98. The highest BCUT2D eigenvalue weighted by atomic mass is 15.0. The molecule has 0 spiro atoms. The van der Waals surface area contributed by atoms with Gasteiger partial charge < -0.3 is 10.6 Å². The second kappa shape index (κ2) is 5.29. The summed E-state index contributed by atoms with van der Waals surface area (Å²) < 4.78 is 0. The van der Waals surface area contributed by atoms with Crippen LogP contribution in [0.4, 0.5) is 0 Å². The first-order chi connectivity index (χ1) is 7.05. The summed E-state index contributed by atoms with van der Waals surface area (Å²) in [5.74, 6) is 0. The molecule has 1 atom stereocenters. The van der Waals surface area contributed by atoms with Crippen molar-refractivity contribution in [1.29, 1.82) is 0 Å². The van der Waals surface area contributed by atoms with Crippen LogP contribution in [0.25, 0.3) is 0 Å². The third-order valence-electron chi connectivity index (χ3n) is 2.53. The zero-order valence-electron chi connectivity index (χ0n) is 10.2. The summed E-state index contributed by atoms with van der Waals surface area (Å²) in [6.45, 7) is 7.59. The molecule has 0 radical (unpaired) electrons. The number of benzene rings is 1. The zero-order chi connectivity index (χ0) is 11.3. The lowest BCUT2D eigenvalue weighted by Crippen LogP contribution is -2.47. The third-order valence-corrected chi connectivity index (χ3v) is 2.53. The van der Waals surface area contributed by atoms with Crippen LogP contribution in [0.2, 0.25) is 0 Å². The maximum Gasteiger partial charge on any atom is 0.0297 e. The van der Waals surface area contributed by atoms with Gasteiger partial charge in [-0.3, -0.25) is 0 Å². The lowest BCUT2D eigenvalue weighted by Gasteiger charge is -2.30. The summed E-state index contributed by atoms with van der Waals surface area (Å²) in [4.78, 5) is 0. The number of likely N-dealkylation sites (N-methyl/N-ethyl adjacent to an activating group) is 1. The molecule has 0 saturated carbocycles. The largest absolute Gasteiger partial charge is 0.318 e. The van der Waals surface area contributed by atoms with Crippen LogP contribution >= 0.6 is 0 Å². The van der Waals surface area contributed by atoms with E-state index in [9.17, 15) is 0 Å². The minimum absolute atomic E-state index is 0.115. The zero-order valence-corrected chi connectivity index (χ0v) is 10.2. The Labute approximate surface area is 93.1 Å². The molecule has 0 aliphatic heterocycles. The number of rotatable bonds is 5. The maximum atomic E-state index is 3.61. The Bertz CT molecular complexity index is 280. The predicted octanol–water partition coefficient (Wildman–Crippen LogP) is 2.34. The molecule has 1 aromatic carbocycles. The smallest absolute Gasteiger partial charge is 0.0297 e. The van der Waals surface area contributed by atoms with E-state index in [2.05, 4.69) is 61.7 Å². The molecule has 15 heavy (non-hydrogen) atoms. The van der Waals surface area contributed by atoms with E-state index < -0.39 is 0 Å². The topological polar surface area (TPSA) is 24.1 Å². The molecule has 0 bridgehead atoms. The van der Waals surface area contributed by atoms with E-state index in [1.807, 2.05) is 7.05 Å². The molecule has 2 nitrogen and oxygen atoms in total. The van der Waals surface area contributed by atoms with Gasteiger partial charge in [0.05, 0.1) is 0 Å². The number of hydrogen-bond acceptors (Lipinski definition) is 2. The molecule has 2 heteroatoms. The van der Waals surface area contributed by atoms with Crippen molar-refractivity contribution >= 4 is 0 Å². The van der Waals surface area contributed by atoms with Crippen molar-refractivity contribution in [3.05, 3.63) is 35.9 Å². The summed E-state index contributed by atoms with van der Waals surface area (Å²) >= 11 is 0. The molecule has 2 N–H and O–H groups in total. The van der Waals surface area contributed by atoms with Crippen molar-refractivity contribution < 1.29 is 0 Å². The monoisotopic (exact) mass is 206 g/mol. The summed E-state index contributed by atoms with van der Waals surface area (Å²) in [6.07, 6.45) is 0. The fraction of sp³-hybridized carbons (Fsp3) is 0.538. The van der Waals surface area contributed by atoms with Crippen LogP contribution in [0.3, 0.4) is 0 Å². The van der Waals surface area contributed by atoms with Gasteiger partial charge in [-0.25, -0.2) is 0 Å². The van der Waals surface area contributed by atoms with Gasteiger partial charge in [0.25, 0.3) is 0 Å². The summed E-state index contributed by atoms with van der Waals surface area (Å²) in [5.41, 5.74) is 1.45. The van der Waals surface area contributed by atoms with Crippen molar-refractivity contribution in [3.8, 4) is 0 Å². The van der Waals surface area contributed by atoms with Gasteiger partial charge in [-0.05, 0) is 33.4 Å². The average molecular weight is 206 g/mol. The van der Waals surface area contributed by atoms with Crippen molar-refractivity contribution in [2.24, 2.45) is 0 Å². The van der Waals surface area contributed by atoms with Gasteiger partial charge in [0.15, 0.2) is 0 Å². The van der Waals surface area contributed by atoms with E-state index in [-0.39, 0.29) is 5.54 Å². The molecule has 84 valence electrons. The van der Waals surface area contributed by atoms with Crippen LogP contribution in [-0.2, 0) is 0 Å². The van der Waals surface area contributed by atoms with Crippen LogP contribution in [0.15, 0.2) is 30.3 Å². The quantitative estimate of drug-likeness (QED) is 0.772. The van der Waals surface area contributed by atoms with Gasteiger partial charge in [-0.2, -0.15) is 0 Å². The first-order valence-electron chi connectivity index (χ1n) is 5.52. The highest BCUT2D eigenvalue weighted by Crippen LogP contribution is 2.15. The average Bonchev–Trinajstić information content (AvgIpc) is 2.18. The molecule has 0 aromatic heterocycles. The Morgan fingerprint density at radius 2 is 1.80 bits per heavy atom. The fourth-order valence-corrected chi connectivity index (χ4v) is 1.90. The molecule has 0 aliphatic rings. The Balaban J connectivity index is 2.59. The van der Waals surface area contributed by atoms with Crippen molar-refractivity contribution in [2.45, 2.75) is 32.4 Å². The molecule has 1 rings (SSSR count). The van der Waals surface area contributed by atoms with Crippen LogP contribution in [0.1, 0.15) is 32.4 Å². The Kier molecular flexibility index (Phi) is 4.30. The van der Waals surface area contributed by atoms with Gasteiger partial charge in [-0.15, -0.1) is 0 Å². The normalized spacial score (nSPS) is 13.9. The fourth-order valence-electron chi connectivity index (χ4n) is 1.90. The van der Waals surface area contributed by atoms with Crippen LogP contribution < -0.4 is 10.6 Å².